The van der Waals surface area contributed by atoms with Gasteiger partial charge in [0.1, 0.15) is 11.9 Å². The van der Waals surface area contributed by atoms with Crippen molar-refractivity contribution in [3.8, 4) is 6.07 Å². The number of halogens is 3. The van der Waals surface area contributed by atoms with Gasteiger partial charge in [-0.25, -0.2) is 4.39 Å². The molecule has 1 fully saturated rings. The smallest absolute Gasteiger partial charge is 0.168 e. The number of hydrogen-bond acceptors (Lipinski definition) is 9. The van der Waals surface area contributed by atoms with Crippen molar-refractivity contribution in [2.24, 2.45) is 5.41 Å². The number of benzene rings is 3. The fraction of sp³-hybridized carbons (Fsp3) is 0.359. The molecule has 0 radical (unpaired) electrons. The summed E-state index contributed by atoms with van der Waals surface area (Å²) >= 11 is 12.9. The van der Waals surface area contributed by atoms with Gasteiger partial charge in [0.15, 0.2) is 5.78 Å². The number of hydrogen-bond donors (Lipinski definition) is 4. The average molecular weight is 730 g/mol. The van der Waals surface area contributed by atoms with Crippen LogP contribution in [-0.4, -0.2) is 45.3 Å². The lowest BCUT2D eigenvalue weighted by Gasteiger charge is -2.42. The number of anilines is 3. The third kappa shape index (κ3) is 7.92. The largest absolute Gasteiger partial charge is 0.373 e. The molecule has 4 aromatic rings. The van der Waals surface area contributed by atoms with Crippen LogP contribution in [0.1, 0.15) is 81.9 Å². The Morgan fingerprint density at radius 1 is 1.02 bits per heavy atom. The van der Waals surface area contributed by atoms with Crippen LogP contribution in [0.15, 0.2) is 72.7 Å². The quantitative estimate of drug-likeness (QED) is 0.132. The van der Waals surface area contributed by atoms with E-state index in [0.29, 0.717) is 44.6 Å². The predicted octanol–water partition coefficient (Wildman–Crippen LogP) is 9.11. The number of carbonyl (C=O) groups is 1. The summed E-state index contributed by atoms with van der Waals surface area (Å²) < 4.78 is 14.0. The van der Waals surface area contributed by atoms with E-state index in [2.05, 4.69) is 69.5 Å². The predicted molar refractivity (Wildman–Crippen MR) is 203 cm³/mol. The maximum atomic E-state index is 14.0. The lowest BCUT2D eigenvalue weighted by molar-refractivity contribution is 0.0570. The molecule has 9 nitrogen and oxygen atoms in total. The first-order chi connectivity index (χ1) is 24.1. The summed E-state index contributed by atoms with van der Waals surface area (Å²) in [4.78, 5) is 20.4. The minimum Gasteiger partial charge on any atom is -0.373 e. The molecule has 1 atom stereocenters. The van der Waals surface area contributed by atoms with Crippen molar-refractivity contribution in [2.75, 3.05) is 23.7 Å². The summed E-state index contributed by atoms with van der Waals surface area (Å²) in [6.07, 6.45) is 5.56. The Balaban J connectivity index is 1.39. The number of rotatable bonds is 8. The molecule has 266 valence electrons. The summed E-state index contributed by atoms with van der Waals surface area (Å²) in [7, 11) is 0. The van der Waals surface area contributed by atoms with Gasteiger partial charge in [-0.15, -0.1) is 5.53 Å². The zero-order chi connectivity index (χ0) is 36.7. The third-order valence-corrected chi connectivity index (χ3v) is 10.0. The van der Waals surface area contributed by atoms with Gasteiger partial charge in [0.2, 0.25) is 0 Å². The van der Waals surface area contributed by atoms with Crippen molar-refractivity contribution in [1.82, 2.24) is 25.9 Å². The number of fused-ring (bicyclic) bond motifs is 1. The summed E-state index contributed by atoms with van der Waals surface area (Å²) in [6, 6.07) is 17.7. The van der Waals surface area contributed by atoms with Crippen LogP contribution >= 0.6 is 23.2 Å². The second kappa shape index (κ2) is 14.3. The maximum Gasteiger partial charge on any atom is 0.168 e. The van der Waals surface area contributed by atoms with Crippen LogP contribution in [0, 0.1) is 22.6 Å². The van der Waals surface area contributed by atoms with E-state index >= 15 is 0 Å². The third-order valence-electron chi connectivity index (χ3n) is 9.43. The second-order valence-corrected chi connectivity index (χ2v) is 16.0. The molecule has 2 aliphatic heterocycles. The van der Waals surface area contributed by atoms with Crippen LogP contribution in [0.5, 0.6) is 0 Å². The van der Waals surface area contributed by atoms with E-state index in [1.54, 1.807) is 12.1 Å². The molecule has 1 saturated heterocycles. The Bertz CT molecular complexity index is 2040. The molecule has 3 heterocycles. The molecule has 0 bridgehead atoms. The first-order valence-corrected chi connectivity index (χ1v) is 17.8. The van der Waals surface area contributed by atoms with Crippen molar-refractivity contribution in [2.45, 2.75) is 72.0 Å². The molecule has 6 rings (SSSR count). The van der Waals surface area contributed by atoms with Crippen LogP contribution < -0.4 is 21.6 Å². The first-order valence-electron chi connectivity index (χ1n) is 17.0. The van der Waals surface area contributed by atoms with Gasteiger partial charge < -0.3 is 16.1 Å². The highest BCUT2D eigenvalue weighted by atomic mass is 35.5. The SMILES string of the molecule is CC(C)(C)C(=O)c1cccc([C@H](Nc2cc(Cl)c3ncc(C#N)c(Nc4ccc(F)c(Cl)c4)c3c2)C2=CN(C3CCN(C(C)(C)C)CC3)NN2)c1. The maximum absolute atomic E-state index is 14.0. The molecule has 3 aromatic carbocycles. The van der Waals surface area contributed by atoms with E-state index in [0.717, 1.165) is 37.2 Å². The van der Waals surface area contributed by atoms with Crippen molar-refractivity contribution in [3.05, 3.63) is 105 Å². The lowest BCUT2D eigenvalue weighted by Crippen LogP contribution is -2.52. The van der Waals surface area contributed by atoms with Crippen LogP contribution in [0.4, 0.5) is 21.5 Å². The highest BCUT2D eigenvalue weighted by Crippen LogP contribution is 2.38. The van der Waals surface area contributed by atoms with E-state index in [4.69, 9.17) is 23.2 Å². The molecule has 0 aliphatic carbocycles. The molecular weight excluding hydrogens is 686 g/mol. The molecule has 12 heteroatoms. The summed E-state index contributed by atoms with van der Waals surface area (Å²) in [5.74, 6) is -0.503. The molecule has 1 aromatic heterocycles. The van der Waals surface area contributed by atoms with Gasteiger partial charge in [0.25, 0.3) is 0 Å². The molecular formula is C39H43Cl2FN8O. The van der Waals surface area contributed by atoms with Gasteiger partial charge in [0.05, 0.1) is 38.6 Å². The molecule has 2 aliphatic rings. The van der Waals surface area contributed by atoms with E-state index in [9.17, 15) is 14.4 Å². The Labute approximate surface area is 308 Å². The molecule has 0 saturated carbocycles. The molecule has 4 N–H and O–H groups in total. The number of hydrazine groups is 2. The number of carbonyl (C=O) groups excluding carboxylic acids is 1. The number of likely N-dealkylation sites (tertiary alicyclic amines) is 1. The average Bonchev–Trinajstić information content (AvgIpc) is 3.58. The summed E-state index contributed by atoms with van der Waals surface area (Å²) in [6.45, 7) is 14.5. The van der Waals surface area contributed by atoms with Crippen molar-refractivity contribution in [1.29, 1.82) is 5.26 Å². The number of ketones is 1. The van der Waals surface area contributed by atoms with Crippen LogP contribution in [0.2, 0.25) is 10.0 Å². The zero-order valence-electron chi connectivity index (χ0n) is 29.7. The second-order valence-electron chi connectivity index (χ2n) is 15.2. The zero-order valence-corrected chi connectivity index (χ0v) is 31.2. The topological polar surface area (TPSA) is 108 Å². The van der Waals surface area contributed by atoms with E-state index in [1.807, 2.05) is 51.1 Å². The number of nitriles is 1. The van der Waals surface area contributed by atoms with Crippen molar-refractivity contribution in [3.63, 3.8) is 0 Å². The normalized spacial score (nSPS) is 16.4. The molecule has 0 unspecified atom stereocenters. The van der Waals surface area contributed by atoms with E-state index in [-0.39, 0.29) is 21.9 Å². The highest BCUT2D eigenvalue weighted by molar-refractivity contribution is 6.36. The number of aromatic nitrogens is 1. The Kier molecular flexibility index (Phi) is 10.2. The van der Waals surface area contributed by atoms with Gasteiger partial charge >= 0.3 is 0 Å². The molecule has 0 amide bonds. The minimum absolute atomic E-state index is 0.0438. The standard InChI is InChI=1S/C39H43Cl2FN8O/c1-38(2,3)37(51)24-9-7-8-23(16-24)35(33-22-50(48-47-33)28-12-14-49(15-13-28)39(4,5)6)46-27-17-29-34(45-26-10-11-32(42)30(40)18-26)25(20-43)21-44-36(29)31(41)19-27/h7-11,16-19,21-22,28,35,46-48H,12-15H2,1-6H3,(H,44,45)/t35-/m0/s1. The first kappa shape index (κ1) is 36.4. The fourth-order valence-electron chi connectivity index (χ4n) is 6.58. The van der Waals surface area contributed by atoms with Gasteiger partial charge in [-0.1, -0.05) is 62.2 Å². The Hall–Kier alpha value is -4.40. The monoisotopic (exact) mass is 728 g/mol. The van der Waals surface area contributed by atoms with E-state index in [1.165, 1.54) is 18.3 Å². The summed E-state index contributed by atoms with van der Waals surface area (Å²) in [5, 5.41) is 20.0. The van der Waals surface area contributed by atoms with E-state index < -0.39 is 17.3 Å². The summed E-state index contributed by atoms with van der Waals surface area (Å²) in [5.41, 5.74) is 11.1. The Morgan fingerprint density at radius 3 is 2.41 bits per heavy atom. The van der Waals surface area contributed by atoms with Crippen LogP contribution in [0.3, 0.4) is 0 Å². The number of piperidine rings is 1. The van der Waals surface area contributed by atoms with Crippen molar-refractivity contribution < 1.29 is 9.18 Å². The fourth-order valence-corrected chi connectivity index (χ4v) is 7.03. The lowest BCUT2D eigenvalue weighted by atomic mass is 9.85. The number of nitrogens with one attached hydrogen (secondary N) is 4. The van der Waals surface area contributed by atoms with Gasteiger partial charge in [-0.05, 0) is 75.6 Å². The molecule has 51 heavy (non-hydrogen) atoms. The number of Topliss-reactive ketones (excluding diaryl/α,β-unsaturated/α-hetero) is 1. The molecule has 0 spiro atoms. The number of nitrogens with zero attached hydrogens (tertiary/aromatic N) is 4. The number of pyridine rings is 1. The van der Waals surface area contributed by atoms with Crippen molar-refractivity contribution >= 4 is 57.0 Å². The van der Waals surface area contributed by atoms with Gasteiger partial charge in [-0.3, -0.25) is 19.7 Å². The van der Waals surface area contributed by atoms with Gasteiger partial charge in [0, 0.05) is 64.8 Å². The van der Waals surface area contributed by atoms with Crippen LogP contribution in [0.25, 0.3) is 10.9 Å². The van der Waals surface area contributed by atoms with Gasteiger partial charge in [-0.2, -0.15) is 5.26 Å². The minimum atomic E-state index is -0.553. The Morgan fingerprint density at radius 2 is 1.75 bits per heavy atom. The highest BCUT2D eigenvalue weighted by Gasteiger charge is 2.32. The van der Waals surface area contributed by atoms with Crippen LogP contribution in [-0.2, 0) is 0 Å².